The molecule has 0 saturated carbocycles. The van der Waals surface area contributed by atoms with Gasteiger partial charge in [-0.3, -0.25) is 0 Å². The summed E-state index contributed by atoms with van der Waals surface area (Å²) in [6, 6.07) is 8.58. The lowest BCUT2D eigenvalue weighted by Gasteiger charge is -2.31. The van der Waals surface area contributed by atoms with Crippen molar-refractivity contribution in [2.24, 2.45) is 0 Å². The first-order chi connectivity index (χ1) is 10.2. The van der Waals surface area contributed by atoms with E-state index in [-0.39, 0.29) is 6.04 Å². The Morgan fingerprint density at radius 3 is 2.38 bits per heavy atom. The first-order valence-corrected chi connectivity index (χ1v) is 7.46. The lowest BCUT2D eigenvalue weighted by atomic mass is 10.1. The molecule has 0 aromatic heterocycles. The Balaban J connectivity index is 1.93. The number of nitriles is 1. The quantitative estimate of drug-likeness (QED) is 0.724. The van der Waals surface area contributed by atoms with E-state index in [0.29, 0.717) is 0 Å². The van der Waals surface area contributed by atoms with Crippen molar-refractivity contribution in [2.75, 3.05) is 40.4 Å². The van der Waals surface area contributed by atoms with Crippen molar-refractivity contribution in [2.45, 2.75) is 19.5 Å². The third kappa shape index (κ3) is 3.87. The summed E-state index contributed by atoms with van der Waals surface area (Å²) in [7, 11) is 3.32. The highest BCUT2D eigenvalue weighted by Gasteiger charge is 2.26. The van der Waals surface area contributed by atoms with Gasteiger partial charge in [-0.25, -0.2) is 0 Å². The molecular formula is C16H25N3O2+2. The lowest BCUT2D eigenvalue weighted by Crippen LogP contribution is -3.29. The summed E-state index contributed by atoms with van der Waals surface area (Å²) in [5, 5.41) is 8.99. The average Bonchev–Trinajstić information content (AvgIpc) is 2.54. The summed E-state index contributed by atoms with van der Waals surface area (Å²) < 4.78 is 10.6. The minimum Gasteiger partial charge on any atom is -0.493 e. The summed E-state index contributed by atoms with van der Waals surface area (Å²) in [6.45, 7) is 7.35. The zero-order valence-corrected chi connectivity index (χ0v) is 13.1. The molecule has 0 radical (unpaired) electrons. The molecule has 0 bridgehead atoms. The fourth-order valence-corrected chi connectivity index (χ4v) is 2.91. The van der Waals surface area contributed by atoms with Crippen LogP contribution in [-0.2, 0) is 6.54 Å². The van der Waals surface area contributed by atoms with Crippen LogP contribution in [-0.4, -0.2) is 46.4 Å². The van der Waals surface area contributed by atoms with Gasteiger partial charge >= 0.3 is 0 Å². The van der Waals surface area contributed by atoms with E-state index in [2.05, 4.69) is 18.2 Å². The van der Waals surface area contributed by atoms with Crippen LogP contribution in [0.3, 0.4) is 0 Å². The Hall–Kier alpha value is -1.77. The Kier molecular flexibility index (Phi) is 5.43. The van der Waals surface area contributed by atoms with E-state index >= 15 is 0 Å². The van der Waals surface area contributed by atoms with Gasteiger partial charge in [0.05, 0.1) is 14.2 Å². The standard InChI is InChI=1S/C16H23N3O2/c1-13(11-17)19-8-6-18(7-9-19)12-14-4-5-15(20-2)16(10-14)21-3/h4-5,10,13H,6-9,12H2,1-3H3/p+2/t13-/m1/s1. The van der Waals surface area contributed by atoms with Crippen LogP contribution in [0.4, 0.5) is 0 Å². The van der Waals surface area contributed by atoms with E-state index in [4.69, 9.17) is 14.7 Å². The number of quaternary nitrogens is 2. The van der Waals surface area contributed by atoms with Gasteiger partial charge < -0.3 is 19.3 Å². The normalized spacial score (nSPS) is 23.1. The van der Waals surface area contributed by atoms with Crippen LogP contribution >= 0.6 is 0 Å². The smallest absolute Gasteiger partial charge is 0.172 e. The van der Waals surface area contributed by atoms with Gasteiger partial charge in [-0.2, -0.15) is 5.26 Å². The average molecular weight is 291 g/mol. The molecule has 0 amide bonds. The second-order valence-electron chi connectivity index (χ2n) is 5.63. The van der Waals surface area contributed by atoms with Crippen molar-refractivity contribution in [1.29, 1.82) is 5.26 Å². The molecule has 1 aliphatic heterocycles. The fourth-order valence-electron chi connectivity index (χ4n) is 2.91. The van der Waals surface area contributed by atoms with Gasteiger partial charge in [-0.15, -0.1) is 0 Å². The molecular weight excluding hydrogens is 266 g/mol. The molecule has 1 fully saturated rings. The first kappa shape index (κ1) is 15.6. The van der Waals surface area contributed by atoms with Gasteiger partial charge in [0, 0.05) is 12.5 Å². The van der Waals surface area contributed by atoms with Gasteiger partial charge in [0.15, 0.2) is 17.5 Å². The molecule has 1 aromatic rings. The highest BCUT2D eigenvalue weighted by Crippen LogP contribution is 2.27. The van der Waals surface area contributed by atoms with Crippen molar-refractivity contribution in [3.05, 3.63) is 23.8 Å². The number of hydrogen-bond donors (Lipinski definition) is 2. The number of nitrogens with zero attached hydrogens (tertiary/aromatic N) is 1. The third-order valence-corrected chi connectivity index (χ3v) is 4.31. The molecule has 1 atom stereocenters. The Bertz CT molecular complexity index is 505. The van der Waals surface area contributed by atoms with Crippen molar-refractivity contribution >= 4 is 0 Å². The van der Waals surface area contributed by atoms with E-state index in [1.807, 2.05) is 13.0 Å². The third-order valence-electron chi connectivity index (χ3n) is 4.31. The van der Waals surface area contributed by atoms with Crippen LogP contribution in [0.25, 0.3) is 0 Å². The van der Waals surface area contributed by atoms with Crippen molar-refractivity contribution < 1.29 is 19.3 Å². The summed E-state index contributed by atoms with van der Waals surface area (Å²) >= 11 is 0. The van der Waals surface area contributed by atoms with Gasteiger partial charge in [0.1, 0.15) is 38.8 Å². The van der Waals surface area contributed by atoms with E-state index in [1.54, 1.807) is 19.1 Å². The maximum Gasteiger partial charge on any atom is 0.172 e. The summed E-state index contributed by atoms with van der Waals surface area (Å²) in [5.74, 6) is 1.56. The number of rotatable bonds is 5. The van der Waals surface area contributed by atoms with Crippen LogP contribution in [0.1, 0.15) is 12.5 Å². The summed E-state index contributed by atoms with van der Waals surface area (Å²) in [6.07, 6.45) is 0. The van der Waals surface area contributed by atoms with Gasteiger partial charge in [-0.05, 0) is 18.2 Å². The maximum absolute atomic E-state index is 8.99. The van der Waals surface area contributed by atoms with Gasteiger partial charge in [0.25, 0.3) is 0 Å². The van der Waals surface area contributed by atoms with E-state index < -0.39 is 0 Å². The maximum atomic E-state index is 8.99. The Labute approximate surface area is 126 Å². The molecule has 0 unspecified atom stereocenters. The minimum absolute atomic E-state index is 0.104. The zero-order valence-electron chi connectivity index (χ0n) is 13.1. The molecule has 1 aliphatic rings. The molecule has 1 saturated heterocycles. The summed E-state index contributed by atoms with van der Waals surface area (Å²) in [4.78, 5) is 2.98. The number of methoxy groups -OCH3 is 2. The molecule has 2 N–H and O–H groups in total. The summed E-state index contributed by atoms with van der Waals surface area (Å²) in [5.41, 5.74) is 1.26. The lowest BCUT2D eigenvalue weighted by molar-refractivity contribution is -1.02. The number of hydrogen-bond acceptors (Lipinski definition) is 3. The second-order valence-corrected chi connectivity index (χ2v) is 5.63. The van der Waals surface area contributed by atoms with Crippen molar-refractivity contribution in [3.63, 3.8) is 0 Å². The highest BCUT2D eigenvalue weighted by atomic mass is 16.5. The monoisotopic (exact) mass is 291 g/mol. The molecule has 5 nitrogen and oxygen atoms in total. The van der Waals surface area contributed by atoms with Gasteiger partial charge in [-0.1, -0.05) is 0 Å². The van der Waals surface area contributed by atoms with Gasteiger partial charge in [0.2, 0.25) is 0 Å². The Morgan fingerprint density at radius 2 is 1.81 bits per heavy atom. The number of ether oxygens (including phenoxy) is 2. The molecule has 5 heteroatoms. The minimum atomic E-state index is 0.104. The first-order valence-electron chi connectivity index (χ1n) is 7.46. The van der Waals surface area contributed by atoms with Crippen LogP contribution in [0.15, 0.2) is 18.2 Å². The molecule has 1 aromatic carbocycles. The van der Waals surface area contributed by atoms with Crippen LogP contribution in [0.2, 0.25) is 0 Å². The van der Waals surface area contributed by atoms with E-state index in [0.717, 1.165) is 44.2 Å². The van der Waals surface area contributed by atoms with Crippen LogP contribution in [0, 0.1) is 11.3 Å². The topological polar surface area (TPSA) is 51.1 Å². The number of nitrogens with one attached hydrogen (secondary N) is 2. The molecule has 114 valence electrons. The SMILES string of the molecule is COc1ccc(C[NH+]2CC[NH+]([C@H](C)C#N)CC2)cc1OC. The Morgan fingerprint density at radius 1 is 1.14 bits per heavy atom. The van der Waals surface area contributed by atoms with E-state index in [1.165, 1.54) is 10.5 Å². The highest BCUT2D eigenvalue weighted by molar-refractivity contribution is 5.42. The predicted octanol–water partition coefficient (Wildman–Crippen LogP) is -1.10. The van der Waals surface area contributed by atoms with Crippen molar-refractivity contribution in [3.8, 4) is 17.6 Å². The number of benzene rings is 1. The predicted molar refractivity (Wildman–Crippen MR) is 79.7 cm³/mol. The number of piperazine rings is 1. The molecule has 0 aliphatic carbocycles. The molecule has 2 rings (SSSR count). The molecule has 1 heterocycles. The fraction of sp³-hybridized carbons (Fsp3) is 0.562. The largest absolute Gasteiger partial charge is 0.493 e. The molecule has 21 heavy (non-hydrogen) atoms. The van der Waals surface area contributed by atoms with Crippen molar-refractivity contribution in [1.82, 2.24) is 0 Å². The zero-order chi connectivity index (χ0) is 15.2. The van der Waals surface area contributed by atoms with Crippen LogP contribution < -0.4 is 19.3 Å². The van der Waals surface area contributed by atoms with E-state index in [9.17, 15) is 0 Å². The molecule has 0 spiro atoms. The van der Waals surface area contributed by atoms with Crippen LogP contribution in [0.5, 0.6) is 11.5 Å². The second kappa shape index (κ2) is 7.30.